The first-order chi connectivity index (χ1) is 12.6. The van der Waals surface area contributed by atoms with E-state index in [-0.39, 0.29) is 5.66 Å². The Morgan fingerprint density at radius 3 is 1.65 bits per heavy atom. The van der Waals surface area contributed by atoms with E-state index in [1.807, 2.05) is 99.6 Å². The molecule has 0 spiro atoms. The van der Waals surface area contributed by atoms with Crippen LogP contribution in [-0.2, 0) is 9.09 Å². The maximum Gasteiger partial charge on any atom is 0.244 e. The molecule has 3 aromatic carbocycles. The molecule has 0 aliphatic rings. The highest BCUT2D eigenvalue weighted by atomic mass is 31.2. The standard InChI is InChI=1S/C23H25O2P/c1-4-25-26(24,22-18(2)12-11-13-19(22)3)23(20-14-7-5-8-15-20)21-16-9-6-10-17-21/h5-17,23H,4H2,1-3H3. The van der Waals surface area contributed by atoms with Gasteiger partial charge in [-0.15, -0.1) is 0 Å². The Morgan fingerprint density at radius 2 is 1.23 bits per heavy atom. The lowest BCUT2D eigenvalue weighted by molar-refractivity contribution is 0.336. The molecule has 0 aliphatic heterocycles. The van der Waals surface area contributed by atoms with E-state index in [0.29, 0.717) is 6.61 Å². The third-order valence-electron chi connectivity index (χ3n) is 4.64. The van der Waals surface area contributed by atoms with Crippen molar-refractivity contribution in [2.75, 3.05) is 6.61 Å². The van der Waals surface area contributed by atoms with Gasteiger partial charge in [0.1, 0.15) is 0 Å². The quantitative estimate of drug-likeness (QED) is 0.499. The Labute approximate surface area is 156 Å². The summed E-state index contributed by atoms with van der Waals surface area (Å²) in [5.41, 5.74) is 3.72. The Balaban J connectivity index is 2.30. The second-order valence-corrected chi connectivity index (χ2v) is 8.89. The normalized spacial score (nSPS) is 13.5. The second-order valence-electron chi connectivity index (χ2n) is 6.48. The van der Waals surface area contributed by atoms with Crippen molar-refractivity contribution >= 4 is 12.7 Å². The summed E-state index contributed by atoms with van der Waals surface area (Å²) in [4.78, 5) is 0. The average Bonchev–Trinajstić information content (AvgIpc) is 2.64. The summed E-state index contributed by atoms with van der Waals surface area (Å²) in [6.07, 6.45) is 0. The van der Waals surface area contributed by atoms with Crippen molar-refractivity contribution < 1.29 is 9.09 Å². The highest BCUT2D eigenvalue weighted by molar-refractivity contribution is 7.67. The van der Waals surface area contributed by atoms with Gasteiger partial charge in [0.25, 0.3) is 0 Å². The second kappa shape index (κ2) is 8.03. The van der Waals surface area contributed by atoms with Gasteiger partial charge in [0.2, 0.25) is 7.37 Å². The lowest BCUT2D eigenvalue weighted by Gasteiger charge is -2.30. The fourth-order valence-electron chi connectivity index (χ4n) is 3.61. The number of hydrogen-bond donors (Lipinski definition) is 0. The van der Waals surface area contributed by atoms with Crippen molar-refractivity contribution in [3.63, 3.8) is 0 Å². The summed E-state index contributed by atoms with van der Waals surface area (Å²) in [5.74, 6) is 0. The van der Waals surface area contributed by atoms with Gasteiger partial charge in [0, 0.05) is 5.30 Å². The smallest absolute Gasteiger partial charge is 0.244 e. The topological polar surface area (TPSA) is 26.3 Å². The lowest BCUT2D eigenvalue weighted by Crippen LogP contribution is -2.20. The molecule has 0 radical (unpaired) electrons. The van der Waals surface area contributed by atoms with Crippen molar-refractivity contribution in [1.82, 2.24) is 0 Å². The molecule has 0 saturated carbocycles. The maximum atomic E-state index is 14.5. The van der Waals surface area contributed by atoms with Gasteiger partial charge in [0.15, 0.2) is 0 Å². The van der Waals surface area contributed by atoms with Gasteiger partial charge in [-0.1, -0.05) is 78.9 Å². The van der Waals surface area contributed by atoms with E-state index in [0.717, 1.165) is 27.6 Å². The highest BCUT2D eigenvalue weighted by Gasteiger charge is 2.40. The number of aryl methyl sites for hydroxylation is 2. The highest BCUT2D eigenvalue weighted by Crippen LogP contribution is 2.62. The van der Waals surface area contributed by atoms with Crippen molar-refractivity contribution in [3.8, 4) is 0 Å². The summed E-state index contributed by atoms with van der Waals surface area (Å²) in [7, 11) is -3.20. The molecule has 0 N–H and O–H groups in total. The predicted octanol–water partition coefficient (Wildman–Crippen LogP) is 6.03. The van der Waals surface area contributed by atoms with E-state index in [2.05, 4.69) is 0 Å². The van der Waals surface area contributed by atoms with Gasteiger partial charge in [-0.3, -0.25) is 4.57 Å². The zero-order chi connectivity index (χ0) is 18.6. The summed E-state index contributed by atoms with van der Waals surface area (Å²) in [6, 6.07) is 26.1. The summed E-state index contributed by atoms with van der Waals surface area (Å²) in [5, 5.41) is 0.847. The zero-order valence-electron chi connectivity index (χ0n) is 15.6. The minimum absolute atomic E-state index is 0.329. The Kier molecular flexibility index (Phi) is 5.76. The third kappa shape index (κ3) is 3.53. The molecule has 3 aromatic rings. The van der Waals surface area contributed by atoms with Crippen LogP contribution in [0.5, 0.6) is 0 Å². The SMILES string of the molecule is CCOP(=O)(c1c(C)cccc1C)C(c1ccccc1)c1ccccc1. The molecule has 0 aromatic heterocycles. The predicted molar refractivity (Wildman–Crippen MR) is 110 cm³/mol. The number of hydrogen-bond acceptors (Lipinski definition) is 2. The molecule has 0 saturated heterocycles. The molecular weight excluding hydrogens is 339 g/mol. The summed E-state index contributed by atoms with van der Waals surface area (Å²) < 4.78 is 20.6. The monoisotopic (exact) mass is 364 g/mol. The zero-order valence-corrected chi connectivity index (χ0v) is 16.4. The molecule has 2 nitrogen and oxygen atoms in total. The van der Waals surface area contributed by atoms with Crippen LogP contribution in [0, 0.1) is 13.8 Å². The first kappa shape index (κ1) is 18.6. The van der Waals surface area contributed by atoms with E-state index in [1.54, 1.807) is 0 Å². The molecule has 0 aliphatic carbocycles. The van der Waals surface area contributed by atoms with E-state index in [9.17, 15) is 4.57 Å². The fourth-order valence-corrected chi connectivity index (χ4v) is 6.79. The van der Waals surface area contributed by atoms with E-state index in [4.69, 9.17) is 4.52 Å². The average molecular weight is 364 g/mol. The van der Waals surface area contributed by atoms with Gasteiger partial charge in [-0.2, -0.15) is 0 Å². The first-order valence-electron chi connectivity index (χ1n) is 8.99. The van der Waals surface area contributed by atoms with Crippen LogP contribution in [0.3, 0.4) is 0 Å². The molecule has 3 heteroatoms. The van der Waals surface area contributed by atoms with Crippen LogP contribution in [-0.4, -0.2) is 6.61 Å². The van der Waals surface area contributed by atoms with Gasteiger partial charge in [-0.05, 0) is 43.0 Å². The molecule has 0 amide bonds. The largest absolute Gasteiger partial charge is 0.325 e. The molecule has 134 valence electrons. The van der Waals surface area contributed by atoms with Crippen molar-refractivity contribution in [2.45, 2.75) is 26.4 Å². The van der Waals surface area contributed by atoms with Crippen LogP contribution < -0.4 is 5.30 Å². The van der Waals surface area contributed by atoms with Crippen LogP contribution in [0.15, 0.2) is 78.9 Å². The third-order valence-corrected chi connectivity index (χ3v) is 7.89. The fraction of sp³-hybridized carbons (Fsp3) is 0.217. The van der Waals surface area contributed by atoms with Gasteiger partial charge < -0.3 is 4.52 Å². The van der Waals surface area contributed by atoms with Crippen LogP contribution in [0.1, 0.15) is 34.8 Å². The number of rotatable bonds is 6. The van der Waals surface area contributed by atoms with E-state index < -0.39 is 7.37 Å². The van der Waals surface area contributed by atoms with Gasteiger partial charge in [-0.25, -0.2) is 0 Å². The number of benzene rings is 3. The molecule has 0 heterocycles. The van der Waals surface area contributed by atoms with E-state index >= 15 is 0 Å². The Hall–Kier alpha value is -2.15. The molecule has 0 fully saturated rings. The van der Waals surface area contributed by atoms with Crippen LogP contribution in [0.4, 0.5) is 0 Å². The lowest BCUT2D eigenvalue weighted by atomic mass is 10.0. The van der Waals surface area contributed by atoms with Crippen molar-refractivity contribution in [1.29, 1.82) is 0 Å². The minimum Gasteiger partial charge on any atom is -0.325 e. The van der Waals surface area contributed by atoms with E-state index in [1.165, 1.54) is 0 Å². The molecule has 1 atom stereocenters. The van der Waals surface area contributed by atoms with Gasteiger partial charge in [0.05, 0.1) is 12.3 Å². The first-order valence-corrected chi connectivity index (χ1v) is 10.7. The van der Waals surface area contributed by atoms with Crippen LogP contribution in [0.25, 0.3) is 0 Å². The van der Waals surface area contributed by atoms with Crippen molar-refractivity contribution in [2.24, 2.45) is 0 Å². The molecule has 3 rings (SSSR count). The minimum atomic E-state index is -3.20. The van der Waals surface area contributed by atoms with Gasteiger partial charge >= 0.3 is 0 Å². The Morgan fingerprint density at radius 1 is 0.769 bits per heavy atom. The van der Waals surface area contributed by atoms with Crippen LogP contribution in [0.2, 0.25) is 0 Å². The summed E-state index contributed by atoms with van der Waals surface area (Å²) >= 11 is 0. The Bertz CT molecular complexity index is 844. The molecule has 1 unspecified atom stereocenters. The van der Waals surface area contributed by atoms with Crippen molar-refractivity contribution in [3.05, 3.63) is 101 Å². The maximum absolute atomic E-state index is 14.5. The molecular formula is C23H25O2P. The molecule has 0 bridgehead atoms. The summed E-state index contributed by atoms with van der Waals surface area (Å²) in [6.45, 7) is 6.34. The molecule has 26 heavy (non-hydrogen) atoms. The van der Waals surface area contributed by atoms with Crippen LogP contribution >= 0.6 is 7.37 Å².